The van der Waals surface area contributed by atoms with Crippen molar-refractivity contribution < 1.29 is 9.22 Å². The highest BCUT2D eigenvalue weighted by molar-refractivity contribution is 6.83. The molecule has 0 fully saturated rings. The van der Waals surface area contributed by atoms with Crippen LogP contribution in [-0.2, 0) is 4.12 Å². The van der Waals surface area contributed by atoms with E-state index in [-0.39, 0.29) is 6.61 Å². The first-order chi connectivity index (χ1) is 5.12. The Kier molecular flexibility index (Phi) is 7.31. The van der Waals surface area contributed by atoms with E-state index < -0.39 is 16.6 Å². The average Bonchev–Trinajstić information content (AvgIpc) is 1.53. The summed E-state index contributed by atoms with van der Waals surface area (Å²) in [6.07, 6.45) is 0. The van der Waals surface area contributed by atoms with Gasteiger partial charge in [0.2, 0.25) is 0 Å². The highest BCUT2D eigenvalue weighted by Gasteiger charge is 2.24. The zero-order chi connectivity index (χ0) is 10.4. The Balaban J connectivity index is 0. The van der Waals surface area contributed by atoms with Crippen molar-refractivity contribution in [1.29, 1.82) is 0 Å². The molecule has 0 bridgehead atoms. The van der Waals surface area contributed by atoms with Crippen molar-refractivity contribution in [3.63, 3.8) is 0 Å². The fourth-order valence-electron chi connectivity index (χ4n) is 0.919. The van der Waals surface area contributed by atoms with Crippen molar-refractivity contribution in [2.24, 2.45) is 0 Å². The Morgan fingerprint density at radius 2 is 1.08 bits per heavy atom. The molecule has 0 saturated carbocycles. The van der Waals surface area contributed by atoms with Crippen LogP contribution >= 0.6 is 0 Å². The minimum atomic E-state index is -1.23. The normalized spacial score (nSPS) is 12.0. The van der Waals surface area contributed by atoms with Crippen molar-refractivity contribution in [3.05, 3.63) is 0 Å². The molecule has 0 rings (SSSR count). The van der Waals surface area contributed by atoms with Gasteiger partial charge in [0.25, 0.3) is 0 Å². The first kappa shape index (κ1) is 14.9. The molecule has 0 heterocycles. The predicted molar refractivity (Wildman–Crippen MR) is 60.5 cm³/mol. The molecule has 0 spiro atoms. The molecule has 4 heteroatoms. The third kappa shape index (κ3) is 22.4. The smallest absolute Gasteiger partial charge is 0.170 e. The van der Waals surface area contributed by atoms with Gasteiger partial charge in [-0.05, 0) is 46.2 Å². The zero-order valence-electron chi connectivity index (χ0n) is 9.56. The summed E-state index contributed by atoms with van der Waals surface area (Å²) in [6.45, 7) is 15.4. The summed E-state index contributed by atoms with van der Waals surface area (Å²) >= 11 is 0. The van der Waals surface area contributed by atoms with Crippen LogP contribution in [0.5, 0.6) is 0 Å². The molecule has 0 aliphatic carbocycles. The second-order valence-corrected chi connectivity index (χ2v) is 13.9. The fourth-order valence-corrected chi connectivity index (χ4v) is 8.27. The van der Waals surface area contributed by atoms with Crippen molar-refractivity contribution in [1.82, 2.24) is 0 Å². The van der Waals surface area contributed by atoms with Gasteiger partial charge < -0.3 is 9.22 Å². The van der Waals surface area contributed by atoms with E-state index in [1.54, 1.807) is 6.92 Å². The summed E-state index contributed by atoms with van der Waals surface area (Å²) in [6, 6.07) is 0. The van der Waals surface area contributed by atoms with Crippen LogP contribution in [0.4, 0.5) is 0 Å². The minimum absolute atomic E-state index is 0.250. The van der Waals surface area contributed by atoms with E-state index in [0.29, 0.717) is 0 Å². The van der Waals surface area contributed by atoms with Crippen LogP contribution in [0.3, 0.4) is 0 Å². The molecule has 0 aromatic heterocycles. The number of aliphatic hydroxyl groups is 1. The molecule has 0 aromatic carbocycles. The lowest BCUT2D eigenvalue weighted by Gasteiger charge is -2.27. The van der Waals surface area contributed by atoms with Gasteiger partial charge in [-0.15, -0.1) is 0 Å². The van der Waals surface area contributed by atoms with Gasteiger partial charge in [0.05, 0.1) is 0 Å². The van der Waals surface area contributed by atoms with Gasteiger partial charge in [-0.3, -0.25) is 0 Å². The summed E-state index contributed by atoms with van der Waals surface area (Å²) in [4.78, 5) is 0. The van der Waals surface area contributed by atoms with Crippen LogP contribution in [0.15, 0.2) is 0 Å². The van der Waals surface area contributed by atoms with E-state index in [2.05, 4.69) is 39.3 Å². The van der Waals surface area contributed by atoms with Crippen LogP contribution in [0.2, 0.25) is 39.3 Å². The number of aliphatic hydroxyl groups excluding tert-OH is 1. The Hall–Kier alpha value is 0.354. The van der Waals surface area contributed by atoms with E-state index in [1.165, 1.54) is 0 Å². The molecule has 0 aliphatic rings. The topological polar surface area (TPSA) is 29.5 Å². The van der Waals surface area contributed by atoms with E-state index in [1.807, 2.05) is 0 Å². The SMILES string of the molecule is CCO.C[Si](C)(C)O[Si](C)(C)C. The lowest BCUT2D eigenvalue weighted by molar-refractivity contribution is 0.318. The Bertz CT molecular complexity index is 90.6. The van der Waals surface area contributed by atoms with Gasteiger partial charge in [0.15, 0.2) is 16.6 Å². The second-order valence-electron chi connectivity index (χ2n) is 4.64. The van der Waals surface area contributed by atoms with Crippen LogP contribution < -0.4 is 0 Å². The van der Waals surface area contributed by atoms with E-state index >= 15 is 0 Å². The average molecular weight is 208 g/mol. The summed E-state index contributed by atoms with van der Waals surface area (Å²) in [5.41, 5.74) is 0. The lowest BCUT2D eigenvalue weighted by Crippen LogP contribution is -2.39. The van der Waals surface area contributed by atoms with Gasteiger partial charge in [-0.2, -0.15) is 0 Å². The molecule has 76 valence electrons. The predicted octanol–water partition coefficient (Wildman–Crippen LogP) is 2.67. The minimum Gasteiger partial charge on any atom is -0.456 e. The molecule has 1 N–H and O–H groups in total. The fraction of sp³-hybridized carbons (Fsp3) is 1.00. The molecule has 0 unspecified atom stereocenters. The Morgan fingerprint density at radius 3 is 1.08 bits per heavy atom. The first-order valence-corrected chi connectivity index (χ1v) is 11.2. The van der Waals surface area contributed by atoms with Crippen molar-refractivity contribution in [2.45, 2.75) is 46.2 Å². The largest absolute Gasteiger partial charge is 0.456 e. The van der Waals surface area contributed by atoms with Gasteiger partial charge in [0, 0.05) is 6.61 Å². The van der Waals surface area contributed by atoms with Crippen LogP contribution in [0.1, 0.15) is 6.92 Å². The summed E-state index contributed by atoms with van der Waals surface area (Å²) in [7, 11) is -2.46. The standard InChI is InChI=1S/C6H18OSi2.C2H6O/c1-8(2,3)7-9(4,5)6;1-2-3/h1-6H3;3H,2H2,1H3. The van der Waals surface area contributed by atoms with Crippen LogP contribution in [0, 0.1) is 0 Å². The molecule has 0 atom stereocenters. The van der Waals surface area contributed by atoms with Crippen molar-refractivity contribution in [2.75, 3.05) is 6.61 Å². The third-order valence-corrected chi connectivity index (χ3v) is 5.51. The third-order valence-electron chi connectivity index (χ3n) is 0.612. The molecule has 12 heavy (non-hydrogen) atoms. The molecular weight excluding hydrogens is 184 g/mol. The van der Waals surface area contributed by atoms with Gasteiger partial charge in [0.1, 0.15) is 0 Å². The van der Waals surface area contributed by atoms with Crippen LogP contribution in [0.25, 0.3) is 0 Å². The Labute approximate surface area is 79.2 Å². The second kappa shape index (κ2) is 5.91. The van der Waals surface area contributed by atoms with Crippen molar-refractivity contribution in [3.8, 4) is 0 Å². The lowest BCUT2D eigenvalue weighted by atomic mass is 10.9. The van der Waals surface area contributed by atoms with Crippen molar-refractivity contribution >= 4 is 16.6 Å². The molecule has 0 saturated heterocycles. The van der Waals surface area contributed by atoms with E-state index in [4.69, 9.17) is 9.22 Å². The molecule has 0 amide bonds. The highest BCUT2D eigenvalue weighted by Crippen LogP contribution is 2.12. The van der Waals surface area contributed by atoms with E-state index in [9.17, 15) is 0 Å². The number of hydrogen-bond acceptors (Lipinski definition) is 2. The van der Waals surface area contributed by atoms with Gasteiger partial charge in [-0.1, -0.05) is 0 Å². The van der Waals surface area contributed by atoms with E-state index in [0.717, 1.165) is 0 Å². The number of rotatable bonds is 2. The maximum absolute atomic E-state index is 7.57. The number of hydrogen-bond donors (Lipinski definition) is 1. The van der Waals surface area contributed by atoms with Gasteiger partial charge in [-0.25, -0.2) is 0 Å². The summed E-state index contributed by atoms with van der Waals surface area (Å²) in [5, 5.41) is 7.57. The molecule has 0 radical (unpaired) electrons. The molecule has 2 nitrogen and oxygen atoms in total. The highest BCUT2D eigenvalue weighted by atomic mass is 28.4. The van der Waals surface area contributed by atoms with Crippen LogP contribution in [-0.4, -0.2) is 28.3 Å². The maximum atomic E-state index is 7.57. The Morgan fingerprint density at radius 1 is 0.917 bits per heavy atom. The van der Waals surface area contributed by atoms with Gasteiger partial charge >= 0.3 is 0 Å². The quantitative estimate of drug-likeness (QED) is 0.707. The summed E-state index contributed by atoms with van der Waals surface area (Å²) in [5.74, 6) is 0. The molecular formula is C8H24O2Si2. The summed E-state index contributed by atoms with van der Waals surface area (Å²) < 4.78 is 5.90. The monoisotopic (exact) mass is 208 g/mol. The maximum Gasteiger partial charge on any atom is 0.170 e. The molecule has 0 aliphatic heterocycles. The molecule has 0 aromatic rings. The zero-order valence-corrected chi connectivity index (χ0v) is 11.6. The first-order valence-electron chi connectivity index (χ1n) is 4.43.